The van der Waals surface area contributed by atoms with Crippen molar-refractivity contribution >= 4 is 18.2 Å². The molecule has 5 nitrogen and oxygen atoms in total. The van der Waals surface area contributed by atoms with Crippen LogP contribution in [0.2, 0.25) is 0 Å². The largest absolute Gasteiger partial charge is 0.468 e. The van der Waals surface area contributed by atoms with Gasteiger partial charge in [0.2, 0.25) is 5.91 Å². The number of nitrogens with zero attached hydrogens (tertiary/aromatic N) is 1. The quantitative estimate of drug-likeness (QED) is 0.580. The van der Waals surface area contributed by atoms with Crippen LogP contribution < -0.4 is 0 Å². The summed E-state index contributed by atoms with van der Waals surface area (Å²) >= 11 is 0. The monoisotopic (exact) mass is 367 g/mol. The fourth-order valence-electron chi connectivity index (χ4n) is 2.92. The average Bonchev–Trinajstić information content (AvgIpc) is 2.73. The molecule has 0 aliphatic carbocycles. The van der Waals surface area contributed by atoms with Gasteiger partial charge in [0.25, 0.3) is 6.47 Å². The van der Waals surface area contributed by atoms with Crippen molar-refractivity contribution in [1.29, 1.82) is 0 Å². The lowest BCUT2D eigenvalue weighted by molar-refractivity contribution is -0.132. The van der Waals surface area contributed by atoms with Gasteiger partial charge in [-0.15, -0.1) is 0 Å². The SMILES string of the molecule is CCOC=O.O=C(CCC(=O)N1CCc2ccccc2C1)c1ccccc1. The van der Waals surface area contributed by atoms with Crippen LogP contribution in [0.25, 0.3) is 0 Å². The summed E-state index contributed by atoms with van der Waals surface area (Å²) in [6.45, 7) is 4.07. The highest BCUT2D eigenvalue weighted by Gasteiger charge is 2.20. The maximum atomic E-state index is 12.3. The lowest BCUT2D eigenvalue weighted by atomic mass is 9.99. The second kappa shape index (κ2) is 10.9. The molecule has 0 unspecified atom stereocenters. The summed E-state index contributed by atoms with van der Waals surface area (Å²) in [5.41, 5.74) is 3.22. The Kier molecular flexibility index (Phi) is 8.23. The van der Waals surface area contributed by atoms with E-state index in [1.165, 1.54) is 11.1 Å². The smallest absolute Gasteiger partial charge is 0.293 e. The van der Waals surface area contributed by atoms with Gasteiger partial charge >= 0.3 is 0 Å². The maximum Gasteiger partial charge on any atom is 0.293 e. The Balaban J connectivity index is 0.000000465. The topological polar surface area (TPSA) is 63.7 Å². The second-order valence-electron chi connectivity index (χ2n) is 6.17. The Bertz CT molecular complexity index is 758. The summed E-state index contributed by atoms with van der Waals surface area (Å²) in [5.74, 6) is 0.102. The molecule has 2 aromatic carbocycles. The molecule has 0 spiro atoms. The lowest BCUT2D eigenvalue weighted by Gasteiger charge is -2.28. The molecule has 0 radical (unpaired) electrons. The first-order valence-corrected chi connectivity index (χ1v) is 9.13. The number of carbonyl (C=O) groups is 3. The van der Waals surface area contributed by atoms with Crippen molar-refractivity contribution in [3.8, 4) is 0 Å². The first kappa shape index (κ1) is 20.4. The minimum atomic E-state index is 0.0337. The molecule has 5 heteroatoms. The van der Waals surface area contributed by atoms with Crippen LogP contribution in [0.5, 0.6) is 0 Å². The summed E-state index contributed by atoms with van der Waals surface area (Å²) in [6.07, 6.45) is 1.46. The van der Waals surface area contributed by atoms with Crippen LogP contribution in [0.15, 0.2) is 54.6 Å². The summed E-state index contributed by atoms with van der Waals surface area (Å²) in [7, 11) is 0. The molecular formula is C22H25NO4. The van der Waals surface area contributed by atoms with Crippen LogP contribution in [0, 0.1) is 0 Å². The average molecular weight is 367 g/mol. The van der Waals surface area contributed by atoms with Crippen LogP contribution in [0.4, 0.5) is 0 Å². The predicted molar refractivity (Wildman–Crippen MR) is 103 cm³/mol. The van der Waals surface area contributed by atoms with Crippen LogP contribution in [0.3, 0.4) is 0 Å². The Labute approximate surface area is 159 Å². The first-order valence-electron chi connectivity index (χ1n) is 9.13. The van der Waals surface area contributed by atoms with Gasteiger partial charge in [0.05, 0.1) is 6.61 Å². The molecule has 0 saturated heterocycles. The molecule has 1 aliphatic heterocycles. The van der Waals surface area contributed by atoms with Gasteiger partial charge in [-0.3, -0.25) is 14.4 Å². The van der Waals surface area contributed by atoms with E-state index >= 15 is 0 Å². The van der Waals surface area contributed by atoms with Crippen molar-refractivity contribution in [3.05, 3.63) is 71.3 Å². The molecule has 3 rings (SSSR count). The van der Waals surface area contributed by atoms with E-state index in [9.17, 15) is 14.4 Å². The van der Waals surface area contributed by atoms with Crippen LogP contribution in [0.1, 0.15) is 41.3 Å². The number of hydrogen-bond acceptors (Lipinski definition) is 4. The first-order chi connectivity index (χ1) is 13.2. The highest BCUT2D eigenvalue weighted by Crippen LogP contribution is 2.19. The zero-order chi connectivity index (χ0) is 19.5. The Hall–Kier alpha value is -2.95. The molecule has 0 fully saturated rings. The molecule has 0 N–H and O–H groups in total. The van der Waals surface area contributed by atoms with E-state index in [0.29, 0.717) is 25.2 Å². The van der Waals surface area contributed by atoms with Crippen molar-refractivity contribution in [2.24, 2.45) is 0 Å². The zero-order valence-electron chi connectivity index (χ0n) is 15.6. The molecule has 27 heavy (non-hydrogen) atoms. The minimum Gasteiger partial charge on any atom is -0.468 e. The molecule has 0 saturated carbocycles. The maximum absolute atomic E-state index is 12.3. The van der Waals surface area contributed by atoms with Gasteiger partial charge < -0.3 is 9.64 Å². The number of Topliss-reactive ketones (excluding diaryl/α,β-unsaturated/α-hetero) is 1. The van der Waals surface area contributed by atoms with Gasteiger partial charge in [0, 0.05) is 31.5 Å². The van der Waals surface area contributed by atoms with Crippen LogP contribution in [-0.4, -0.2) is 36.2 Å². The number of benzene rings is 2. The van der Waals surface area contributed by atoms with E-state index in [1.807, 2.05) is 35.2 Å². The number of hydrogen-bond donors (Lipinski definition) is 0. The van der Waals surface area contributed by atoms with E-state index in [2.05, 4.69) is 16.9 Å². The summed E-state index contributed by atoms with van der Waals surface area (Å²) in [6, 6.07) is 17.4. The molecule has 1 aliphatic rings. The molecule has 0 atom stereocenters. The third-order valence-electron chi connectivity index (χ3n) is 4.38. The number of ketones is 1. The lowest BCUT2D eigenvalue weighted by Crippen LogP contribution is -2.36. The van der Waals surface area contributed by atoms with E-state index < -0.39 is 0 Å². The van der Waals surface area contributed by atoms with E-state index in [-0.39, 0.29) is 24.5 Å². The number of carbonyl (C=O) groups excluding carboxylic acids is 3. The number of rotatable bonds is 6. The normalized spacial score (nSPS) is 12.3. The summed E-state index contributed by atoms with van der Waals surface area (Å²) < 4.78 is 4.15. The van der Waals surface area contributed by atoms with E-state index in [0.717, 1.165) is 13.0 Å². The van der Waals surface area contributed by atoms with Crippen molar-refractivity contribution in [3.63, 3.8) is 0 Å². The number of fused-ring (bicyclic) bond motifs is 1. The Morgan fingerprint density at radius 1 is 1.00 bits per heavy atom. The van der Waals surface area contributed by atoms with Gasteiger partial charge in [-0.2, -0.15) is 0 Å². The molecule has 1 heterocycles. The third-order valence-corrected chi connectivity index (χ3v) is 4.38. The van der Waals surface area contributed by atoms with Gasteiger partial charge in [-0.25, -0.2) is 0 Å². The van der Waals surface area contributed by atoms with Gasteiger partial charge in [-0.1, -0.05) is 54.6 Å². The molecule has 1 amide bonds. The van der Waals surface area contributed by atoms with Crippen LogP contribution in [-0.2, 0) is 27.3 Å². The minimum absolute atomic E-state index is 0.0337. The standard InChI is InChI=1S/C19H19NO2.C3H6O2/c21-18(16-7-2-1-3-8-16)10-11-19(22)20-13-12-15-6-4-5-9-17(15)14-20;1-2-5-3-4/h1-9H,10-14H2;3H,2H2,1H3. The second-order valence-corrected chi connectivity index (χ2v) is 6.17. The van der Waals surface area contributed by atoms with Crippen LogP contribution >= 0.6 is 0 Å². The molecule has 2 aromatic rings. The fraction of sp³-hybridized carbons (Fsp3) is 0.318. The molecular weight excluding hydrogens is 342 g/mol. The number of ether oxygens (including phenoxy) is 1. The molecule has 0 aromatic heterocycles. The summed E-state index contributed by atoms with van der Waals surface area (Å²) in [5, 5.41) is 0. The van der Waals surface area contributed by atoms with Gasteiger partial charge in [-0.05, 0) is 24.5 Å². The van der Waals surface area contributed by atoms with Crippen molar-refractivity contribution < 1.29 is 19.1 Å². The number of amides is 1. The predicted octanol–water partition coefficient (Wildman–Crippen LogP) is 3.41. The van der Waals surface area contributed by atoms with Gasteiger partial charge in [0.1, 0.15) is 0 Å². The van der Waals surface area contributed by atoms with Crippen molar-refractivity contribution in [1.82, 2.24) is 4.90 Å². The molecule has 142 valence electrons. The fourth-order valence-corrected chi connectivity index (χ4v) is 2.92. The zero-order valence-corrected chi connectivity index (χ0v) is 15.6. The molecule has 0 bridgehead atoms. The summed E-state index contributed by atoms with van der Waals surface area (Å²) in [4.78, 5) is 35.4. The van der Waals surface area contributed by atoms with Gasteiger partial charge in [0.15, 0.2) is 5.78 Å². The Morgan fingerprint density at radius 2 is 1.67 bits per heavy atom. The van der Waals surface area contributed by atoms with E-state index in [4.69, 9.17) is 0 Å². The van der Waals surface area contributed by atoms with Crippen molar-refractivity contribution in [2.75, 3.05) is 13.2 Å². The van der Waals surface area contributed by atoms with E-state index in [1.54, 1.807) is 19.1 Å². The third kappa shape index (κ3) is 6.37. The highest BCUT2D eigenvalue weighted by molar-refractivity contribution is 5.97. The highest BCUT2D eigenvalue weighted by atomic mass is 16.5. The van der Waals surface area contributed by atoms with Crippen molar-refractivity contribution in [2.45, 2.75) is 32.7 Å². The Morgan fingerprint density at radius 3 is 2.30 bits per heavy atom.